The van der Waals surface area contributed by atoms with Gasteiger partial charge in [0.1, 0.15) is 5.60 Å². The molecular weight excluding hydrogens is 511 g/mol. The van der Waals surface area contributed by atoms with E-state index in [9.17, 15) is 27.9 Å². The minimum atomic E-state index is -4.55. The smallest absolute Gasteiger partial charge is 0.384 e. The van der Waals surface area contributed by atoms with Gasteiger partial charge in [-0.25, -0.2) is 0 Å². The van der Waals surface area contributed by atoms with E-state index in [0.29, 0.717) is 31.1 Å². The molecule has 4 rings (SSSR count). The van der Waals surface area contributed by atoms with Crippen LogP contribution in [0.3, 0.4) is 0 Å². The number of carbonyl (C=O) groups excluding carboxylic acids is 2. The molecule has 39 heavy (non-hydrogen) atoms. The lowest BCUT2D eigenvalue weighted by Crippen LogP contribution is -2.45. The third kappa shape index (κ3) is 7.55. The number of halogens is 3. The van der Waals surface area contributed by atoms with Crippen LogP contribution in [0, 0.1) is 0 Å². The van der Waals surface area contributed by atoms with E-state index in [2.05, 4.69) is 25.4 Å². The fourth-order valence-corrected chi connectivity index (χ4v) is 5.47. The fraction of sp³-hybridized carbons (Fsp3) is 0.536. The predicted octanol–water partition coefficient (Wildman–Crippen LogP) is 2.91. The zero-order valence-electron chi connectivity index (χ0n) is 22.3. The molecule has 1 atom stereocenters. The Kier molecular flexibility index (Phi) is 8.93. The maximum Gasteiger partial charge on any atom is 0.416 e. The average molecular weight is 548 g/mol. The largest absolute Gasteiger partial charge is 0.416 e. The minimum Gasteiger partial charge on any atom is -0.384 e. The van der Waals surface area contributed by atoms with Gasteiger partial charge in [-0.3, -0.25) is 19.5 Å². The van der Waals surface area contributed by atoms with Crippen LogP contribution in [0.5, 0.6) is 0 Å². The highest BCUT2D eigenvalue weighted by atomic mass is 19.4. The van der Waals surface area contributed by atoms with E-state index in [0.717, 1.165) is 56.1 Å². The van der Waals surface area contributed by atoms with E-state index in [1.807, 2.05) is 32.4 Å². The van der Waals surface area contributed by atoms with Crippen LogP contribution in [0.25, 0.3) is 0 Å². The van der Waals surface area contributed by atoms with Crippen molar-refractivity contribution >= 4 is 11.8 Å². The third-order valence-electron chi connectivity index (χ3n) is 7.55. The number of nitrogens with zero attached hydrogens (tertiary/aromatic N) is 3. The monoisotopic (exact) mass is 547 g/mol. The second kappa shape index (κ2) is 12.0. The van der Waals surface area contributed by atoms with Crippen LogP contribution < -0.4 is 10.6 Å². The minimum absolute atomic E-state index is 0.0744. The van der Waals surface area contributed by atoms with Crippen LogP contribution in [-0.2, 0) is 23.1 Å². The Morgan fingerprint density at radius 2 is 1.90 bits per heavy atom. The number of rotatable bonds is 8. The number of aliphatic hydroxyl groups is 1. The highest BCUT2D eigenvalue weighted by molar-refractivity contribution is 5.96. The Balaban J connectivity index is 1.21. The molecule has 1 aliphatic carbocycles. The molecule has 1 saturated carbocycles. The zero-order valence-corrected chi connectivity index (χ0v) is 22.3. The average Bonchev–Trinajstić information content (AvgIpc) is 3.35. The molecule has 2 amide bonds. The Morgan fingerprint density at radius 3 is 2.54 bits per heavy atom. The lowest BCUT2D eigenvalue weighted by atomic mass is 9.79. The van der Waals surface area contributed by atoms with Gasteiger partial charge in [0.05, 0.1) is 17.8 Å². The maximum absolute atomic E-state index is 12.9. The summed E-state index contributed by atoms with van der Waals surface area (Å²) in [6, 6.07) is 8.27. The molecule has 212 valence electrons. The molecule has 1 aromatic carbocycles. The van der Waals surface area contributed by atoms with Crippen LogP contribution in [0.1, 0.15) is 59.3 Å². The van der Waals surface area contributed by atoms with Crippen LogP contribution in [0.15, 0.2) is 42.6 Å². The lowest BCUT2D eigenvalue weighted by Gasteiger charge is -2.39. The number of amides is 2. The Hall–Kier alpha value is -3.02. The first-order chi connectivity index (χ1) is 18.4. The molecule has 0 bridgehead atoms. The fourth-order valence-electron chi connectivity index (χ4n) is 5.47. The SMILES string of the molecule is CN(C)Cc1ccc(C2(O)CCC(N3CCC(NC(=O)CNC(=O)c4cccc(C(F)(F)F)c4)C3)CC2)nc1. The van der Waals surface area contributed by atoms with Crippen molar-refractivity contribution in [3.63, 3.8) is 0 Å². The van der Waals surface area contributed by atoms with Crippen molar-refractivity contribution in [2.75, 3.05) is 33.7 Å². The number of alkyl halides is 3. The maximum atomic E-state index is 12.9. The molecule has 11 heteroatoms. The summed E-state index contributed by atoms with van der Waals surface area (Å²) in [6.45, 7) is 1.97. The van der Waals surface area contributed by atoms with Gasteiger partial charge in [-0.05, 0) is 76.0 Å². The van der Waals surface area contributed by atoms with Crippen LogP contribution in [0.4, 0.5) is 13.2 Å². The summed E-state index contributed by atoms with van der Waals surface area (Å²) < 4.78 is 38.7. The molecule has 0 radical (unpaired) electrons. The van der Waals surface area contributed by atoms with Gasteiger partial charge in [0.2, 0.25) is 5.91 Å². The van der Waals surface area contributed by atoms with E-state index in [1.165, 1.54) is 6.07 Å². The molecular formula is C28H36F3N5O3. The van der Waals surface area contributed by atoms with Crippen molar-refractivity contribution in [1.29, 1.82) is 0 Å². The van der Waals surface area contributed by atoms with Crippen LogP contribution in [-0.4, -0.2) is 77.5 Å². The highest BCUT2D eigenvalue weighted by Gasteiger charge is 2.39. The highest BCUT2D eigenvalue weighted by Crippen LogP contribution is 2.38. The Bertz CT molecular complexity index is 1150. The number of hydrogen-bond donors (Lipinski definition) is 3. The molecule has 2 aromatic rings. The Morgan fingerprint density at radius 1 is 1.15 bits per heavy atom. The van der Waals surface area contributed by atoms with E-state index in [4.69, 9.17) is 0 Å². The third-order valence-corrected chi connectivity index (χ3v) is 7.55. The van der Waals surface area contributed by atoms with E-state index >= 15 is 0 Å². The number of aromatic nitrogens is 1. The number of likely N-dealkylation sites (tertiary alicyclic amines) is 1. The standard InChI is InChI=1S/C28H36F3N5O3/c1-35(2)17-19-6-7-24(32-15-19)27(39)11-8-23(9-12-27)36-13-10-22(18-36)34-25(37)16-33-26(38)20-4-3-5-21(14-20)28(29,30)31/h3-7,14-15,22-23,39H,8-13,16-18H2,1-2H3,(H,33,38)(H,34,37). The second-order valence-corrected chi connectivity index (χ2v) is 10.9. The molecule has 3 N–H and O–H groups in total. The van der Waals surface area contributed by atoms with Gasteiger partial charge in [0.25, 0.3) is 5.91 Å². The molecule has 1 saturated heterocycles. The summed E-state index contributed by atoms with van der Waals surface area (Å²) in [6.07, 6.45) is 0.932. The molecule has 2 aliphatic rings. The molecule has 1 unspecified atom stereocenters. The lowest BCUT2D eigenvalue weighted by molar-refractivity contribution is -0.137. The number of nitrogens with one attached hydrogen (secondary N) is 2. The van der Waals surface area contributed by atoms with Crippen molar-refractivity contribution in [2.24, 2.45) is 0 Å². The van der Waals surface area contributed by atoms with Gasteiger partial charge >= 0.3 is 6.18 Å². The van der Waals surface area contributed by atoms with Crippen molar-refractivity contribution < 1.29 is 27.9 Å². The first kappa shape index (κ1) is 29.0. The quantitative estimate of drug-likeness (QED) is 0.470. The number of hydrogen-bond acceptors (Lipinski definition) is 6. The van der Waals surface area contributed by atoms with Gasteiger partial charge in [-0.2, -0.15) is 13.2 Å². The normalized spacial score (nSPS) is 24.1. The summed E-state index contributed by atoms with van der Waals surface area (Å²) in [7, 11) is 4.00. The van der Waals surface area contributed by atoms with Crippen LogP contribution >= 0.6 is 0 Å². The molecule has 1 aromatic heterocycles. The summed E-state index contributed by atoms with van der Waals surface area (Å²) in [5, 5.41) is 16.6. The Labute approximate surface area is 226 Å². The van der Waals surface area contributed by atoms with E-state index < -0.39 is 23.2 Å². The van der Waals surface area contributed by atoms with Crippen molar-refractivity contribution in [3.05, 3.63) is 65.0 Å². The summed E-state index contributed by atoms with van der Waals surface area (Å²) in [4.78, 5) is 33.6. The van der Waals surface area contributed by atoms with Gasteiger partial charge in [0, 0.05) is 43.5 Å². The second-order valence-electron chi connectivity index (χ2n) is 10.9. The van der Waals surface area contributed by atoms with Gasteiger partial charge in [-0.15, -0.1) is 0 Å². The molecule has 0 spiro atoms. The molecule has 1 aliphatic heterocycles. The van der Waals surface area contributed by atoms with Crippen molar-refractivity contribution in [1.82, 2.24) is 25.4 Å². The summed E-state index contributed by atoms with van der Waals surface area (Å²) in [5.74, 6) is -1.12. The molecule has 2 heterocycles. The van der Waals surface area contributed by atoms with Gasteiger partial charge in [-0.1, -0.05) is 12.1 Å². The number of benzene rings is 1. The first-order valence-electron chi connectivity index (χ1n) is 13.2. The van der Waals surface area contributed by atoms with Crippen molar-refractivity contribution in [2.45, 2.75) is 62.5 Å². The van der Waals surface area contributed by atoms with E-state index in [-0.39, 0.29) is 24.1 Å². The predicted molar refractivity (Wildman–Crippen MR) is 140 cm³/mol. The zero-order chi connectivity index (χ0) is 28.2. The molecule has 8 nitrogen and oxygen atoms in total. The van der Waals surface area contributed by atoms with Gasteiger partial charge < -0.3 is 20.6 Å². The topological polar surface area (TPSA) is 97.8 Å². The number of carbonyl (C=O) groups is 2. The van der Waals surface area contributed by atoms with Crippen molar-refractivity contribution in [3.8, 4) is 0 Å². The molecule has 2 fully saturated rings. The van der Waals surface area contributed by atoms with Crippen LogP contribution in [0.2, 0.25) is 0 Å². The first-order valence-corrected chi connectivity index (χ1v) is 13.2. The number of pyridine rings is 1. The van der Waals surface area contributed by atoms with Gasteiger partial charge in [0.15, 0.2) is 0 Å². The summed E-state index contributed by atoms with van der Waals surface area (Å²) in [5.41, 5.74) is -0.190. The summed E-state index contributed by atoms with van der Waals surface area (Å²) >= 11 is 0. The van der Waals surface area contributed by atoms with E-state index in [1.54, 1.807) is 0 Å².